The first kappa shape index (κ1) is 21.4. The van der Waals surface area contributed by atoms with E-state index >= 15 is 0 Å². The molecule has 2 aromatic rings. The van der Waals surface area contributed by atoms with Crippen LogP contribution in [-0.4, -0.2) is 44.4 Å². The lowest BCUT2D eigenvalue weighted by Gasteiger charge is -2.32. The Bertz CT molecular complexity index is 842. The molecule has 2 atom stereocenters. The molecule has 2 aromatic carbocycles. The maximum Gasteiger partial charge on any atom is 0.255 e. The molecule has 1 aliphatic rings. The van der Waals surface area contributed by atoms with Crippen molar-refractivity contribution in [2.24, 2.45) is 0 Å². The van der Waals surface area contributed by atoms with Gasteiger partial charge in [0.2, 0.25) is 0 Å². The molecular formula is C21H25ClFN3O3. The molecule has 1 heterocycles. The van der Waals surface area contributed by atoms with E-state index in [1.54, 1.807) is 18.2 Å². The average Bonchev–Trinajstić information content (AvgIpc) is 2.72. The normalized spacial score (nSPS) is 17.6. The lowest BCUT2D eigenvalue weighted by Crippen LogP contribution is -2.53. The second kappa shape index (κ2) is 9.91. The minimum atomic E-state index is -0.336. The Morgan fingerprint density at radius 1 is 1.41 bits per heavy atom. The van der Waals surface area contributed by atoms with Crippen molar-refractivity contribution in [1.29, 1.82) is 0 Å². The van der Waals surface area contributed by atoms with Gasteiger partial charge in [0.25, 0.3) is 5.91 Å². The molecule has 0 saturated carbocycles. The van der Waals surface area contributed by atoms with Crippen molar-refractivity contribution >= 4 is 23.2 Å². The Morgan fingerprint density at radius 2 is 2.17 bits per heavy atom. The van der Waals surface area contributed by atoms with E-state index in [4.69, 9.17) is 26.8 Å². The van der Waals surface area contributed by atoms with Crippen LogP contribution in [0.3, 0.4) is 0 Å². The summed E-state index contributed by atoms with van der Waals surface area (Å²) in [5.41, 5.74) is 7.39. The number of amides is 1. The molecule has 1 amide bonds. The largest absolute Gasteiger partial charge is 0.493 e. The highest BCUT2D eigenvalue weighted by Crippen LogP contribution is 2.29. The molecule has 1 fully saturated rings. The Morgan fingerprint density at radius 3 is 2.83 bits per heavy atom. The first-order valence-corrected chi connectivity index (χ1v) is 9.95. The number of nitrogens with two attached hydrogens (primary N) is 1. The van der Waals surface area contributed by atoms with Gasteiger partial charge in [-0.15, -0.1) is 0 Å². The highest BCUT2D eigenvalue weighted by molar-refractivity contribution is 6.33. The zero-order chi connectivity index (χ0) is 20.8. The highest BCUT2D eigenvalue weighted by Gasteiger charge is 2.28. The summed E-state index contributed by atoms with van der Waals surface area (Å²) < 4.78 is 24.7. The van der Waals surface area contributed by atoms with E-state index in [0.717, 1.165) is 12.1 Å². The molecule has 29 heavy (non-hydrogen) atoms. The molecule has 0 aliphatic carbocycles. The summed E-state index contributed by atoms with van der Waals surface area (Å²) in [6, 6.07) is 8.95. The standard InChI is InChI=1S/C21H25ClFN3O3/c1-2-28-19-11-17(24)16(22)10-15(19)21(27)26-18(20-12-25-7-8-29-20)9-13-3-5-14(23)6-4-13/h3-6,10-11,18,20,25H,2,7-9,12,24H2,1H3,(H,26,27). The van der Waals surface area contributed by atoms with Gasteiger partial charge in [0.05, 0.1) is 41.6 Å². The lowest BCUT2D eigenvalue weighted by atomic mass is 9.99. The maximum absolute atomic E-state index is 13.3. The Balaban J connectivity index is 1.83. The van der Waals surface area contributed by atoms with Crippen LogP contribution in [0.4, 0.5) is 10.1 Å². The van der Waals surface area contributed by atoms with Crippen LogP contribution < -0.4 is 21.1 Å². The van der Waals surface area contributed by atoms with Gasteiger partial charge in [-0.05, 0) is 37.1 Å². The first-order valence-electron chi connectivity index (χ1n) is 9.57. The second-order valence-corrected chi connectivity index (χ2v) is 7.23. The van der Waals surface area contributed by atoms with Crippen LogP contribution >= 0.6 is 11.6 Å². The minimum absolute atomic E-state index is 0.224. The summed E-state index contributed by atoms with van der Waals surface area (Å²) >= 11 is 6.13. The van der Waals surface area contributed by atoms with E-state index < -0.39 is 0 Å². The topological polar surface area (TPSA) is 85.6 Å². The van der Waals surface area contributed by atoms with Crippen LogP contribution in [0.5, 0.6) is 5.75 Å². The van der Waals surface area contributed by atoms with E-state index in [1.165, 1.54) is 18.2 Å². The molecule has 1 saturated heterocycles. The van der Waals surface area contributed by atoms with E-state index in [2.05, 4.69) is 10.6 Å². The number of hydrogen-bond donors (Lipinski definition) is 3. The predicted molar refractivity (Wildman–Crippen MR) is 111 cm³/mol. The van der Waals surface area contributed by atoms with Crippen molar-refractivity contribution in [1.82, 2.24) is 10.6 Å². The summed E-state index contributed by atoms with van der Waals surface area (Å²) in [6.07, 6.45) is 0.267. The van der Waals surface area contributed by atoms with Crippen molar-refractivity contribution in [2.45, 2.75) is 25.5 Å². The molecule has 0 aromatic heterocycles. The number of anilines is 1. The quantitative estimate of drug-likeness (QED) is 0.598. The highest BCUT2D eigenvalue weighted by atomic mass is 35.5. The summed E-state index contributed by atoms with van der Waals surface area (Å²) in [4.78, 5) is 13.1. The van der Waals surface area contributed by atoms with Crippen molar-refractivity contribution < 1.29 is 18.7 Å². The number of carbonyl (C=O) groups excluding carboxylic acids is 1. The first-order chi connectivity index (χ1) is 14.0. The lowest BCUT2D eigenvalue weighted by molar-refractivity contribution is 0.00476. The molecule has 0 bridgehead atoms. The third-order valence-corrected chi connectivity index (χ3v) is 5.06. The van der Waals surface area contributed by atoms with Gasteiger partial charge in [0.1, 0.15) is 11.6 Å². The fourth-order valence-electron chi connectivity index (χ4n) is 3.26. The Hall–Kier alpha value is -2.35. The van der Waals surface area contributed by atoms with Crippen molar-refractivity contribution in [2.75, 3.05) is 32.0 Å². The Labute approximate surface area is 174 Å². The number of benzene rings is 2. The molecule has 156 valence electrons. The monoisotopic (exact) mass is 421 g/mol. The van der Waals surface area contributed by atoms with Gasteiger partial charge in [0.15, 0.2) is 0 Å². The molecule has 0 spiro atoms. The number of hydrogen-bond acceptors (Lipinski definition) is 5. The van der Waals surface area contributed by atoms with Gasteiger partial charge in [-0.2, -0.15) is 0 Å². The summed E-state index contributed by atoms with van der Waals surface area (Å²) in [7, 11) is 0. The molecule has 6 nitrogen and oxygen atoms in total. The molecular weight excluding hydrogens is 397 g/mol. The zero-order valence-electron chi connectivity index (χ0n) is 16.2. The van der Waals surface area contributed by atoms with Crippen molar-refractivity contribution in [3.63, 3.8) is 0 Å². The fourth-order valence-corrected chi connectivity index (χ4v) is 3.43. The molecule has 2 unspecified atom stereocenters. The third kappa shape index (κ3) is 5.59. The van der Waals surface area contributed by atoms with Gasteiger partial charge in [0, 0.05) is 19.2 Å². The number of carbonyl (C=O) groups is 1. The van der Waals surface area contributed by atoms with E-state index in [1.807, 2.05) is 6.92 Å². The van der Waals surface area contributed by atoms with Crippen molar-refractivity contribution in [3.05, 3.63) is 58.4 Å². The van der Waals surface area contributed by atoms with Gasteiger partial charge >= 0.3 is 0 Å². The van der Waals surface area contributed by atoms with Crippen LogP contribution in [0.1, 0.15) is 22.8 Å². The Kier molecular flexibility index (Phi) is 7.30. The molecule has 1 aliphatic heterocycles. The molecule has 0 radical (unpaired) electrons. The van der Waals surface area contributed by atoms with Crippen LogP contribution in [0.15, 0.2) is 36.4 Å². The number of rotatable bonds is 7. The fraction of sp³-hybridized carbons (Fsp3) is 0.381. The third-order valence-electron chi connectivity index (χ3n) is 4.73. The number of ether oxygens (including phenoxy) is 2. The van der Waals surface area contributed by atoms with Crippen LogP contribution in [0.25, 0.3) is 0 Å². The van der Waals surface area contributed by atoms with Gasteiger partial charge in [-0.3, -0.25) is 4.79 Å². The second-order valence-electron chi connectivity index (χ2n) is 6.83. The smallest absolute Gasteiger partial charge is 0.255 e. The number of nitrogen functional groups attached to an aromatic ring is 1. The number of morpholine rings is 1. The molecule has 4 N–H and O–H groups in total. The summed E-state index contributed by atoms with van der Waals surface area (Å²) in [5, 5.41) is 6.59. The van der Waals surface area contributed by atoms with E-state index in [9.17, 15) is 9.18 Å². The van der Waals surface area contributed by atoms with Crippen LogP contribution in [0.2, 0.25) is 5.02 Å². The van der Waals surface area contributed by atoms with E-state index in [0.29, 0.717) is 43.2 Å². The predicted octanol–water partition coefficient (Wildman–Crippen LogP) is 2.79. The van der Waals surface area contributed by atoms with Crippen molar-refractivity contribution in [3.8, 4) is 5.75 Å². The maximum atomic E-state index is 13.3. The molecule has 3 rings (SSSR count). The van der Waals surface area contributed by atoms with Gasteiger partial charge in [-0.25, -0.2) is 4.39 Å². The SMILES string of the molecule is CCOc1cc(N)c(Cl)cc1C(=O)NC(Cc1ccc(F)cc1)C1CNCCO1. The minimum Gasteiger partial charge on any atom is -0.493 e. The van der Waals surface area contributed by atoms with Gasteiger partial charge in [-0.1, -0.05) is 23.7 Å². The van der Waals surface area contributed by atoms with Crippen LogP contribution in [0, 0.1) is 5.82 Å². The number of halogens is 2. The van der Waals surface area contributed by atoms with E-state index in [-0.39, 0.29) is 28.9 Å². The average molecular weight is 422 g/mol. The van der Waals surface area contributed by atoms with Crippen LogP contribution in [-0.2, 0) is 11.2 Å². The zero-order valence-corrected chi connectivity index (χ0v) is 17.0. The molecule has 8 heteroatoms. The summed E-state index contributed by atoms with van der Waals surface area (Å²) in [5.74, 6) is -0.269. The summed E-state index contributed by atoms with van der Waals surface area (Å²) in [6.45, 7) is 4.13. The van der Waals surface area contributed by atoms with Gasteiger partial charge < -0.3 is 25.8 Å². The number of nitrogens with one attached hydrogen (secondary N) is 2.